The molecule has 1 heterocycles. The van der Waals surface area contributed by atoms with Crippen LogP contribution >= 0.6 is 0 Å². The SMILES string of the molecule is COC(=O)c1cccc(-n2ncc3c(NCC(O)(CC(C)(C)c4cc(F)ccc4OC)C(F)(F)F)cccc32)c1. The van der Waals surface area contributed by atoms with Gasteiger partial charge in [0.2, 0.25) is 0 Å². The van der Waals surface area contributed by atoms with Crippen LogP contribution in [0.2, 0.25) is 0 Å². The molecule has 0 radical (unpaired) electrons. The minimum Gasteiger partial charge on any atom is -0.496 e. The summed E-state index contributed by atoms with van der Waals surface area (Å²) in [5, 5.41) is 18.6. The normalized spacial score (nSPS) is 13.6. The Balaban J connectivity index is 1.65. The van der Waals surface area contributed by atoms with Crippen molar-refractivity contribution in [1.29, 1.82) is 0 Å². The summed E-state index contributed by atoms with van der Waals surface area (Å²) in [6, 6.07) is 15.1. The first kappa shape index (κ1) is 28.9. The molecule has 1 unspecified atom stereocenters. The van der Waals surface area contributed by atoms with Crippen molar-refractivity contribution in [3.63, 3.8) is 0 Å². The van der Waals surface area contributed by atoms with E-state index < -0.39 is 41.9 Å². The fourth-order valence-corrected chi connectivity index (χ4v) is 4.83. The average Bonchev–Trinajstić information content (AvgIpc) is 3.35. The number of aliphatic hydroxyl groups is 1. The molecule has 0 saturated carbocycles. The number of hydrogen-bond acceptors (Lipinski definition) is 6. The van der Waals surface area contributed by atoms with Gasteiger partial charge in [0.1, 0.15) is 11.6 Å². The van der Waals surface area contributed by atoms with Crippen LogP contribution in [0.3, 0.4) is 0 Å². The van der Waals surface area contributed by atoms with E-state index in [9.17, 15) is 27.5 Å². The highest BCUT2D eigenvalue weighted by Gasteiger charge is 2.56. The first-order valence-corrected chi connectivity index (χ1v) is 12.3. The molecule has 0 aliphatic carbocycles. The highest BCUT2D eigenvalue weighted by molar-refractivity contribution is 5.93. The fourth-order valence-electron chi connectivity index (χ4n) is 4.83. The number of rotatable bonds is 9. The van der Waals surface area contributed by atoms with Crippen molar-refractivity contribution in [2.45, 2.75) is 37.5 Å². The highest BCUT2D eigenvalue weighted by Crippen LogP contribution is 2.44. The van der Waals surface area contributed by atoms with Gasteiger partial charge < -0.3 is 19.9 Å². The quantitative estimate of drug-likeness (QED) is 0.192. The molecule has 0 amide bonds. The largest absolute Gasteiger partial charge is 0.496 e. The molecule has 7 nitrogen and oxygen atoms in total. The smallest absolute Gasteiger partial charge is 0.418 e. The van der Waals surface area contributed by atoms with E-state index in [2.05, 4.69) is 10.4 Å². The minimum atomic E-state index is -5.01. The third kappa shape index (κ3) is 5.60. The van der Waals surface area contributed by atoms with E-state index in [1.165, 1.54) is 40.3 Å². The number of esters is 1. The van der Waals surface area contributed by atoms with Gasteiger partial charge in [-0.3, -0.25) is 0 Å². The van der Waals surface area contributed by atoms with E-state index in [0.717, 1.165) is 12.1 Å². The van der Waals surface area contributed by atoms with Gasteiger partial charge in [-0.2, -0.15) is 18.3 Å². The number of nitrogens with zero attached hydrogens (tertiary/aromatic N) is 2. The van der Waals surface area contributed by atoms with Crippen molar-refractivity contribution < 1.29 is 36.9 Å². The van der Waals surface area contributed by atoms with Gasteiger partial charge in [0.25, 0.3) is 0 Å². The molecule has 3 aromatic carbocycles. The summed E-state index contributed by atoms with van der Waals surface area (Å²) in [7, 11) is 2.62. The third-order valence-electron chi connectivity index (χ3n) is 6.85. The Kier molecular flexibility index (Phi) is 7.80. The lowest BCUT2D eigenvalue weighted by molar-refractivity contribution is -0.260. The second-order valence-electron chi connectivity index (χ2n) is 10.1. The number of nitrogens with one attached hydrogen (secondary N) is 1. The van der Waals surface area contributed by atoms with E-state index in [4.69, 9.17) is 9.47 Å². The second kappa shape index (κ2) is 10.8. The average molecular weight is 560 g/mol. The summed E-state index contributed by atoms with van der Waals surface area (Å²) in [6.45, 7) is 2.11. The monoisotopic (exact) mass is 559 g/mol. The molecule has 1 atom stereocenters. The van der Waals surface area contributed by atoms with Crippen LogP contribution in [0.4, 0.5) is 23.2 Å². The van der Waals surface area contributed by atoms with Crippen LogP contribution in [0.5, 0.6) is 5.75 Å². The minimum absolute atomic E-state index is 0.204. The summed E-state index contributed by atoms with van der Waals surface area (Å²) >= 11 is 0. The lowest BCUT2D eigenvalue weighted by Crippen LogP contribution is -2.53. The predicted molar refractivity (Wildman–Crippen MR) is 142 cm³/mol. The molecule has 0 spiro atoms. The Morgan fingerprint density at radius 3 is 2.45 bits per heavy atom. The molecule has 0 fully saturated rings. The molecule has 212 valence electrons. The molecule has 0 saturated heterocycles. The number of anilines is 1. The maximum absolute atomic E-state index is 14.3. The second-order valence-corrected chi connectivity index (χ2v) is 10.1. The number of hydrogen-bond donors (Lipinski definition) is 2. The zero-order valence-electron chi connectivity index (χ0n) is 22.3. The highest BCUT2D eigenvalue weighted by atomic mass is 19.4. The molecule has 11 heteroatoms. The Hall–Kier alpha value is -4.12. The van der Waals surface area contributed by atoms with Gasteiger partial charge in [0, 0.05) is 16.6 Å². The van der Waals surface area contributed by atoms with Crippen molar-refractivity contribution in [2.75, 3.05) is 26.1 Å². The van der Waals surface area contributed by atoms with Gasteiger partial charge in [-0.15, -0.1) is 0 Å². The Labute approximate surface area is 228 Å². The van der Waals surface area contributed by atoms with Gasteiger partial charge >= 0.3 is 12.1 Å². The number of benzene rings is 3. The van der Waals surface area contributed by atoms with E-state index in [0.29, 0.717) is 27.8 Å². The van der Waals surface area contributed by atoms with Crippen molar-refractivity contribution in [2.24, 2.45) is 0 Å². The molecule has 0 aliphatic rings. The molecule has 0 bridgehead atoms. The molecule has 0 aliphatic heterocycles. The van der Waals surface area contributed by atoms with Crippen LogP contribution in [-0.2, 0) is 10.2 Å². The van der Waals surface area contributed by atoms with Crippen LogP contribution in [0.1, 0.15) is 36.2 Å². The van der Waals surface area contributed by atoms with Crippen molar-refractivity contribution in [1.82, 2.24) is 9.78 Å². The maximum Gasteiger partial charge on any atom is 0.418 e. The lowest BCUT2D eigenvalue weighted by atomic mass is 9.74. The van der Waals surface area contributed by atoms with E-state index in [1.807, 2.05) is 0 Å². The van der Waals surface area contributed by atoms with Crippen molar-refractivity contribution in [3.05, 3.63) is 83.8 Å². The first-order chi connectivity index (χ1) is 18.8. The van der Waals surface area contributed by atoms with Crippen LogP contribution in [0.15, 0.2) is 66.9 Å². The Morgan fingerprint density at radius 2 is 1.77 bits per heavy atom. The molecule has 2 N–H and O–H groups in total. The van der Waals surface area contributed by atoms with Gasteiger partial charge in [-0.1, -0.05) is 26.0 Å². The Bertz CT molecular complexity index is 1530. The van der Waals surface area contributed by atoms with Crippen molar-refractivity contribution in [3.8, 4) is 11.4 Å². The standard InChI is InChI=1S/C29H29F4N3O4/c1-27(2,22-14-19(30)11-12-25(22)39-3)16-28(38,29(31,32)33)17-34-23-9-6-10-24-21(23)15-35-36(24)20-8-5-7-18(13-20)26(37)40-4/h5-15,34,38H,16-17H2,1-4H3. The van der Waals surface area contributed by atoms with Gasteiger partial charge in [0.05, 0.1) is 43.7 Å². The zero-order chi connectivity index (χ0) is 29.3. The number of halogens is 4. The summed E-state index contributed by atoms with van der Waals surface area (Å²) in [4.78, 5) is 12.0. The third-order valence-corrected chi connectivity index (χ3v) is 6.85. The van der Waals surface area contributed by atoms with Gasteiger partial charge in [-0.05, 0) is 60.4 Å². The van der Waals surface area contributed by atoms with E-state index in [1.54, 1.807) is 47.1 Å². The number of alkyl halides is 3. The van der Waals surface area contributed by atoms with Crippen LogP contribution in [0.25, 0.3) is 16.6 Å². The number of carbonyl (C=O) groups is 1. The summed E-state index contributed by atoms with van der Waals surface area (Å²) in [5.74, 6) is -0.929. The van der Waals surface area contributed by atoms with Gasteiger partial charge in [-0.25, -0.2) is 13.9 Å². The summed E-state index contributed by atoms with van der Waals surface area (Å²) < 4.78 is 68.6. The van der Waals surface area contributed by atoms with E-state index >= 15 is 0 Å². The molecule has 40 heavy (non-hydrogen) atoms. The maximum atomic E-state index is 14.3. The van der Waals surface area contributed by atoms with Gasteiger partial charge in [0.15, 0.2) is 5.60 Å². The number of ether oxygens (including phenoxy) is 2. The lowest BCUT2D eigenvalue weighted by Gasteiger charge is -2.38. The molecule has 4 rings (SSSR count). The number of fused-ring (bicyclic) bond motifs is 1. The first-order valence-electron chi connectivity index (χ1n) is 12.3. The number of aromatic nitrogens is 2. The van der Waals surface area contributed by atoms with Crippen molar-refractivity contribution >= 4 is 22.6 Å². The van der Waals surface area contributed by atoms with Crippen LogP contribution in [0, 0.1) is 5.82 Å². The summed E-state index contributed by atoms with van der Waals surface area (Å²) in [5.41, 5.74) is -2.56. The molecule has 1 aromatic heterocycles. The topological polar surface area (TPSA) is 85.6 Å². The Morgan fingerprint density at radius 1 is 1.05 bits per heavy atom. The summed E-state index contributed by atoms with van der Waals surface area (Å²) in [6.07, 6.45) is -4.30. The molecular weight excluding hydrogens is 530 g/mol. The molecular formula is C29H29F4N3O4. The number of methoxy groups -OCH3 is 2. The zero-order valence-corrected chi connectivity index (χ0v) is 22.3. The molecule has 4 aromatic rings. The number of carbonyl (C=O) groups excluding carboxylic acids is 1. The predicted octanol–water partition coefficient (Wildman–Crippen LogP) is 6.03. The fraction of sp³-hybridized carbons (Fsp3) is 0.310. The van der Waals surface area contributed by atoms with Crippen LogP contribution in [-0.4, -0.2) is 53.4 Å². The van der Waals surface area contributed by atoms with E-state index in [-0.39, 0.29) is 11.3 Å². The van der Waals surface area contributed by atoms with Crippen LogP contribution < -0.4 is 10.1 Å².